The molecule has 3 rings (SSSR count). The van der Waals surface area contributed by atoms with Crippen molar-refractivity contribution in [1.29, 1.82) is 0 Å². The molecule has 0 aliphatic carbocycles. The van der Waals surface area contributed by atoms with Crippen LogP contribution in [0.3, 0.4) is 0 Å². The van der Waals surface area contributed by atoms with E-state index in [0.29, 0.717) is 29.3 Å². The van der Waals surface area contributed by atoms with Gasteiger partial charge in [0.15, 0.2) is 0 Å². The molecule has 0 radical (unpaired) electrons. The quantitative estimate of drug-likeness (QED) is 0.614. The number of ether oxygens (including phenoxy) is 1. The zero-order valence-corrected chi connectivity index (χ0v) is 19.6. The van der Waals surface area contributed by atoms with Gasteiger partial charge < -0.3 is 25.3 Å². The number of nitrogens with one attached hydrogen (secondary N) is 3. The third-order valence-corrected chi connectivity index (χ3v) is 5.23. The summed E-state index contributed by atoms with van der Waals surface area (Å²) in [7, 11) is 0. The Morgan fingerprint density at radius 1 is 1.39 bits per heavy atom. The van der Waals surface area contributed by atoms with E-state index in [1.165, 1.54) is 0 Å². The Labute approximate surface area is 188 Å². The van der Waals surface area contributed by atoms with Crippen molar-refractivity contribution >= 4 is 46.0 Å². The topological polar surface area (TPSA) is 99.4 Å². The first-order valence-corrected chi connectivity index (χ1v) is 11.1. The number of alkyl carbamates (subject to hydrolysis) is 1. The van der Waals surface area contributed by atoms with Crippen LogP contribution in [0.15, 0.2) is 12.4 Å². The van der Waals surface area contributed by atoms with Crippen molar-refractivity contribution in [3.05, 3.63) is 17.4 Å². The first-order chi connectivity index (χ1) is 14.5. The summed E-state index contributed by atoms with van der Waals surface area (Å²) in [6.07, 6.45) is 5.11. The zero-order valence-electron chi connectivity index (χ0n) is 18.8. The van der Waals surface area contributed by atoms with E-state index in [9.17, 15) is 9.59 Å². The Bertz CT molecular complexity index is 951. The summed E-state index contributed by atoms with van der Waals surface area (Å²) in [6.45, 7) is 10.9. The fourth-order valence-corrected chi connectivity index (χ4v) is 4.07. The fourth-order valence-electron chi connectivity index (χ4n) is 3.81. The van der Waals surface area contributed by atoms with E-state index >= 15 is 0 Å². The Kier molecular flexibility index (Phi) is 6.99. The van der Waals surface area contributed by atoms with Crippen LogP contribution in [-0.4, -0.2) is 46.7 Å². The second-order valence-corrected chi connectivity index (χ2v) is 9.87. The number of aromatic nitrogens is 2. The number of anilines is 2. The molecule has 2 aromatic heterocycles. The standard InChI is InChI=1S/C22H32ClN5O3/c1-13(2)9-17(29)27-16-11-25-20-18(16)19(15(23)10-24-20)28-8-6-7-14(12-28)26-21(30)31-22(3,4)5/h10-11,13-14H,6-9,12H2,1-5H3,(H,24,25)(H,26,30)(H,27,29). The average molecular weight is 450 g/mol. The number of hydrogen-bond acceptors (Lipinski definition) is 5. The summed E-state index contributed by atoms with van der Waals surface area (Å²) in [5, 5.41) is 7.24. The van der Waals surface area contributed by atoms with Gasteiger partial charge in [-0.15, -0.1) is 0 Å². The van der Waals surface area contributed by atoms with Gasteiger partial charge in [-0.05, 0) is 39.5 Å². The van der Waals surface area contributed by atoms with E-state index in [1.54, 1.807) is 12.4 Å². The van der Waals surface area contributed by atoms with E-state index in [2.05, 4.69) is 25.5 Å². The summed E-state index contributed by atoms with van der Waals surface area (Å²) in [4.78, 5) is 34.2. The lowest BCUT2D eigenvalue weighted by Crippen LogP contribution is -2.49. The lowest BCUT2D eigenvalue weighted by molar-refractivity contribution is -0.116. The molecule has 1 fully saturated rings. The molecular formula is C22H32ClN5O3. The summed E-state index contributed by atoms with van der Waals surface area (Å²) in [5.74, 6) is 0.207. The van der Waals surface area contributed by atoms with Crippen LogP contribution in [0.4, 0.5) is 16.2 Å². The van der Waals surface area contributed by atoms with E-state index < -0.39 is 11.7 Å². The maximum Gasteiger partial charge on any atom is 0.407 e. The van der Waals surface area contributed by atoms with Crippen LogP contribution < -0.4 is 15.5 Å². The van der Waals surface area contributed by atoms with E-state index in [4.69, 9.17) is 16.3 Å². The van der Waals surface area contributed by atoms with Gasteiger partial charge in [-0.25, -0.2) is 9.78 Å². The molecule has 2 amide bonds. The van der Waals surface area contributed by atoms with Gasteiger partial charge in [-0.2, -0.15) is 0 Å². The van der Waals surface area contributed by atoms with E-state index in [1.807, 2.05) is 34.6 Å². The molecule has 9 heteroatoms. The normalized spacial score (nSPS) is 17.1. The minimum Gasteiger partial charge on any atom is -0.444 e. The minimum absolute atomic E-state index is 0.0510. The predicted octanol–water partition coefficient (Wildman–Crippen LogP) is 4.69. The number of fused-ring (bicyclic) bond motifs is 1. The van der Waals surface area contributed by atoms with Crippen LogP contribution >= 0.6 is 11.6 Å². The Balaban J connectivity index is 1.84. The van der Waals surface area contributed by atoms with Crippen molar-refractivity contribution in [3.8, 4) is 0 Å². The molecule has 31 heavy (non-hydrogen) atoms. The maximum atomic E-state index is 12.4. The molecule has 0 spiro atoms. The average Bonchev–Trinajstić information content (AvgIpc) is 3.02. The van der Waals surface area contributed by atoms with Gasteiger partial charge in [-0.1, -0.05) is 25.4 Å². The lowest BCUT2D eigenvalue weighted by atomic mass is 10.0. The second kappa shape index (κ2) is 9.34. The summed E-state index contributed by atoms with van der Waals surface area (Å²) >= 11 is 6.58. The minimum atomic E-state index is -0.548. The number of hydrogen-bond donors (Lipinski definition) is 3. The van der Waals surface area contributed by atoms with Gasteiger partial charge >= 0.3 is 6.09 Å². The van der Waals surface area contributed by atoms with Crippen molar-refractivity contribution in [1.82, 2.24) is 15.3 Å². The van der Waals surface area contributed by atoms with Crippen LogP contribution in [0.5, 0.6) is 0 Å². The van der Waals surface area contributed by atoms with Crippen LogP contribution in [0.25, 0.3) is 11.0 Å². The molecule has 0 saturated carbocycles. The molecule has 1 aliphatic heterocycles. The number of pyridine rings is 1. The molecule has 2 aromatic rings. The lowest BCUT2D eigenvalue weighted by Gasteiger charge is -2.36. The third-order valence-electron chi connectivity index (χ3n) is 4.96. The maximum absolute atomic E-state index is 12.4. The SMILES string of the molecule is CC(C)CC(=O)Nc1c[nH]c2ncc(Cl)c(N3CCCC(NC(=O)OC(C)(C)C)C3)c12. The number of aromatic amines is 1. The highest BCUT2D eigenvalue weighted by Crippen LogP contribution is 2.38. The number of halogens is 1. The van der Waals surface area contributed by atoms with Crippen molar-refractivity contribution in [2.24, 2.45) is 5.92 Å². The largest absolute Gasteiger partial charge is 0.444 e. The Morgan fingerprint density at radius 3 is 2.81 bits per heavy atom. The third kappa shape index (κ3) is 6.03. The van der Waals surface area contributed by atoms with Gasteiger partial charge in [0, 0.05) is 31.7 Å². The van der Waals surface area contributed by atoms with Gasteiger partial charge in [-0.3, -0.25) is 4.79 Å². The zero-order chi connectivity index (χ0) is 22.8. The number of nitrogens with zero attached hydrogens (tertiary/aromatic N) is 2. The number of rotatable bonds is 5. The Hall–Kier alpha value is -2.48. The van der Waals surface area contributed by atoms with Gasteiger partial charge in [0.25, 0.3) is 0 Å². The van der Waals surface area contributed by atoms with Crippen molar-refractivity contribution in [2.45, 2.75) is 65.5 Å². The summed E-state index contributed by atoms with van der Waals surface area (Å²) < 4.78 is 5.40. The second-order valence-electron chi connectivity index (χ2n) is 9.46. The van der Waals surface area contributed by atoms with E-state index in [-0.39, 0.29) is 17.9 Å². The molecule has 3 N–H and O–H groups in total. The first-order valence-electron chi connectivity index (χ1n) is 10.7. The molecule has 1 unspecified atom stereocenters. The first kappa shape index (κ1) is 23.2. The molecule has 1 atom stereocenters. The smallest absolute Gasteiger partial charge is 0.407 e. The van der Waals surface area contributed by atoms with Crippen LogP contribution in [-0.2, 0) is 9.53 Å². The molecule has 0 aromatic carbocycles. The highest BCUT2D eigenvalue weighted by molar-refractivity contribution is 6.35. The van der Waals surface area contributed by atoms with E-state index in [0.717, 1.165) is 30.5 Å². The summed E-state index contributed by atoms with van der Waals surface area (Å²) in [6, 6.07) is -0.0687. The number of amides is 2. The number of carbonyl (C=O) groups excluding carboxylic acids is 2. The van der Waals surface area contributed by atoms with Crippen molar-refractivity contribution in [2.75, 3.05) is 23.3 Å². The molecule has 0 bridgehead atoms. The van der Waals surface area contributed by atoms with Gasteiger partial charge in [0.1, 0.15) is 11.2 Å². The van der Waals surface area contributed by atoms with Gasteiger partial charge in [0.05, 0.1) is 28.0 Å². The number of piperidine rings is 1. The molecule has 170 valence electrons. The highest BCUT2D eigenvalue weighted by Gasteiger charge is 2.27. The van der Waals surface area contributed by atoms with Crippen molar-refractivity contribution in [3.63, 3.8) is 0 Å². The fraction of sp³-hybridized carbons (Fsp3) is 0.591. The molecular weight excluding hydrogens is 418 g/mol. The highest BCUT2D eigenvalue weighted by atomic mass is 35.5. The van der Waals surface area contributed by atoms with Crippen LogP contribution in [0, 0.1) is 5.92 Å². The molecule has 8 nitrogen and oxygen atoms in total. The Morgan fingerprint density at radius 2 is 2.13 bits per heavy atom. The summed E-state index contributed by atoms with van der Waals surface area (Å²) in [5.41, 5.74) is 1.57. The molecule has 3 heterocycles. The van der Waals surface area contributed by atoms with Gasteiger partial charge in [0.2, 0.25) is 5.91 Å². The number of H-pyrrole nitrogens is 1. The molecule has 1 aliphatic rings. The monoisotopic (exact) mass is 449 g/mol. The van der Waals surface area contributed by atoms with Crippen LogP contribution in [0.2, 0.25) is 5.02 Å². The number of carbonyl (C=O) groups is 2. The predicted molar refractivity (Wildman–Crippen MR) is 124 cm³/mol. The molecule has 1 saturated heterocycles. The van der Waals surface area contributed by atoms with Crippen LogP contribution in [0.1, 0.15) is 53.9 Å². The van der Waals surface area contributed by atoms with Crippen molar-refractivity contribution < 1.29 is 14.3 Å².